The van der Waals surface area contributed by atoms with Crippen molar-refractivity contribution in [2.75, 3.05) is 0 Å². The Morgan fingerprint density at radius 3 is 2.40 bits per heavy atom. The fraction of sp³-hybridized carbons (Fsp3) is 0.0769. The van der Waals surface area contributed by atoms with Gasteiger partial charge in [-0.05, 0) is 29.8 Å². The number of halogens is 3. The molecule has 0 saturated heterocycles. The molecule has 104 valence electrons. The van der Waals surface area contributed by atoms with E-state index in [1.165, 1.54) is 18.2 Å². The Kier molecular flexibility index (Phi) is 3.35. The minimum atomic E-state index is -4.49. The monoisotopic (exact) mass is 283 g/mol. The SMILES string of the molecule is O=C(O)c1ccc(-c2cccc(C(F)(F)F)c2)[nH]c1=O. The molecule has 0 aliphatic carbocycles. The van der Waals surface area contributed by atoms with Crippen molar-refractivity contribution in [1.29, 1.82) is 0 Å². The van der Waals surface area contributed by atoms with Crippen LogP contribution in [0.3, 0.4) is 0 Å². The molecular formula is C13H8F3NO3. The molecule has 4 nitrogen and oxygen atoms in total. The highest BCUT2D eigenvalue weighted by atomic mass is 19.4. The summed E-state index contributed by atoms with van der Waals surface area (Å²) in [6.45, 7) is 0. The van der Waals surface area contributed by atoms with Crippen molar-refractivity contribution in [2.45, 2.75) is 6.18 Å². The zero-order chi connectivity index (χ0) is 14.9. The smallest absolute Gasteiger partial charge is 0.416 e. The summed E-state index contributed by atoms with van der Waals surface area (Å²) in [4.78, 5) is 24.4. The van der Waals surface area contributed by atoms with Gasteiger partial charge in [0.1, 0.15) is 5.56 Å². The Hall–Kier alpha value is -2.57. The van der Waals surface area contributed by atoms with Gasteiger partial charge in [0.15, 0.2) is 0 Å². The molecule has 0 bridgehead atoms. The fourth-order valence-electron chi connectivity index (χ4n) is 1.67. The first-order chi connectivity index (χ1) is 9.29. The molecular weight excluding hydrogens is 275 g/mol. The Morgan fingerprint density at radius 1 is 1.15 bits per heavy atom. The third-order valence-corrected chi connectivity index (χ3v) is 2.64. The Morgan fingerprint density at radius 2 is 1.85 bits per heavy atom. The standard InChI is InChI=1S/C13H8F3NO3/c14-13(15,16)8-3-1-2-7(6-8)10-5-4-9(12(19)20)11(18)17-10/h1-6H,(H,17,18)(H,19,20). The van der Waals surface area contributed by atoms with Crippen molar-refractivity contribution >= 4 is 5.97 Å². The molecule has 2 aromatic rings. The molecule has 0 aliphatic heterocycles. The van der Waals surface area contributed by atoms with Crippen molar-refractivity contribution in [3.8, 4) is 11.3 Å². The van der Waals surface area contributed by atoms with E-state index in [-0.39, 0.29) is 11.3 Å². The van der Waals surface area contributed by atoms with E-state index in [0.29, 0.717) is 0 Å². The van der Waals surface area contributed by atoms with Gasteiger partial charge in [0.05, 0.1) is 5.56 Å². The lowest BCUT2D eigenvalue weighted by atomic mass is 10.1. The summed E-state index contributed by atoms with van der Waals surface area (Å²) in [5.41, 5.74) is -1.92. The normalized spacial score (nSPS) is 11.3. The van der Waals surface area contributed by atoms with Crippen LogP contribution in [0.25, 0.3) is 11.3 Å². The van der Waals surface area contributed by atoms with E-state index >= 15 is 0 Å². The molecule has 0 atom stereocenters. The molecule has 1 aromatic carbocycles. The van der Waals surface area contributed by atoms with Crippen LogP contribution in [0, 0.1) is 0 Å². The molecule has 2 rings (SSSR count). The number of nitrogens with one attached hydrogen (secondary N) is 1. The van der Waals surface area contributed by atoms with Crippen LogP contribution in [0.4, 0.5) is 13.2 Å². The first-order valence-corrected chi connectivity index (χ1v) is 5.43. The molecule has 7 heteroatoms. The van der Waals surface area contributed by atoms with E-state index in [1.54, 1.807) is 0 Å². The second kappa shape index (κ2) is 4.84. The lowest BCUT2D eigenvalue weighted by molar-refractivity contribution is -0.137. The van der Waals surface area contributed by atoms with Gasteiger partial charge in [-0.3, -0.25) is 4.79 Å². The topological polar surface area (TPSA) is 70.2 Å². The van der Waals surface area contributed by atoms with E-state index in [0.717, 1.165) is 18.2 Å². The average molecular weight is 283 g/mol. The summed E-state index contributed by atoms with van der Waals surface area (Å²) in [6, 6.07) is 6.69. The van der Waals surface area contributed by atoms with Gasteiger partial charge in [-0.25, -0.2) is 4.79 Å². The number of hydrogen-bond donors (Lipinski definition) is 2. The predicted molar refractivity (Wildman–Crippen MR) is 64.5 cm³/mol. The van der Waals surface area contributed by atoms with Crippen LogP contribution < -0.4 is 5.56 Å². The van der Waals surface area contributed by atoms with Crippen molar-refractivity contribution in [3.05, 3.63) is 57.9 Å². The Labute approximate surface area is 110 Å². The number of H-pyrrole nitrogens is 1. The summed E-state index contributed by atoms with van der Waals surface area (Å²) in [5.74, 6) is -1.40. The van der Waals surface area contributed by atoms with Gasteiger partial charge in [0.2, 0.25) is 0 Å². The number of pyridine rings is 1. The Balaban J connectivity index is 2.50. The number of carboxylic acids is 1. The first-order valence-electron chi connectivity index (χ1n) is 5.43. The fourth-order valence-corrected chi connectivity index (χ4v) is 1.67. The van der Waals surface area contributed by atoms with Crippen LogP contribution in [-0.4, -0.2) is 16.1 Å². The summed E-state index contributed by atoms with van der Waals surface area (Å²) < 4.78 is 37.7. The van der Waals surface area contributed by atoms with Crippen LogP contribution in [0.1, 0.15) is 15.9 Å². The van der Waals surface area contributed by atoms with Gasteiger partial charge < -0.3 is 10.1 Å². The third kappa shape index (κ3) is 2.71. The number of carbonyl (C=O) groups is 1. The number of rotatable bonds is 2. The molecule has 0 radical (unpaired) electrons. The number of benzene rings is 1. The van der Waals surface area contributed by atoms with E-state index < -0.39 is 28.8 Å². The number of hydrogen-bond acceptors (Lipinski definition) is 2. The highest BCUT2D eigenvalue weighted by molar-refractivity contribution is 5.87. The van der Waals surface area contributed by atoms with Crippen molar-refractivity contribution in [1.82, 2.24) is 4.98 Å². The van der Waals surface area contributed by atoms with E-state index in [2.05, 4.69) is 4.98 Å². The van der Waals surface area contributed by atoms with E-state index in [4.69, 9.17) is 5.11 Å². The predicted octanol–water partition coefficient (Wildman–Crippen LogP) is 2.76. The lowest BCUT2D eigenvalue weighted by Gasteiger charge is -2.08. The molecule has 0 unspecified atom stereocenters. The molecule has 0 fully saturated rings. The maximum Gasteiger partial charge on any atom is 0.416 e. The minimum Gasteiger partial charge on any atom is -0.477 e. The second-order valence-electron chi connectivity index (χ2n) is 4.00. The molecule has 1 aromatic heterocycles. The zero-order valence-electron chi connectivity index (χ0n) is 9.86. The van der Waals surface area contributed by atoms with Gasteiger partial charge in [-0.2, -0.15) is 13.2 Å². The van der Waals surface area contributed by atoms with Gasteiger partial charge >= 0.3 is 12.1 Å². The summed E-state index contributed by atoms with van der Waals surface area (Å²) >= 11 is 0. The van der Waals surface area contributed by atoms with Gasteiger partial charge in [-0.1, -0.05) is 12.1 Å². The maximum atomic E-state index is 12.6. The Bertz CT molecular complexity index is 719. The summed E-state index contributed by atoms with van der Waals surface area (Å²) in [6.07, 6.45) is -4.49. The molecule has 1 heterocycles. The van der Waals surface area contributed by atoms with Gasteiger partial charge in [0, 0.05) is 5.69 Å². The van der Waals surface area contributed by atoms with Crippen LogP contribution in [0.15, 0.2) is 41.2 Å². The number of aromatic amines is 1. The van der Waals surface area contributed by atoms with Crippen molar-refractivity contribution in [3.63, 3.8) is 0 Å². The quantitative estimate of drug-likeness (QED) is 0.890. The van der Waals surface area contributed by atoms with Crippen LogP contribution in [0.5, 0.6) is 0 Å². The molecule has 20 heavy (non-hydrogen) atoms. The molecule has 0 saturated carbocycles. The molecule has 0 spiro atoms. The zero-order valence-corrected chi connectivity index (χ0v) is 9.86. The average Bonchev–Trinajstić information content (AvgIpc) is 2.37. The van der Waals surface area contributed by atoms with Crippen LogP contribution in [0.2, 0.25) is 0 Å². The van der Waals surface area contributed by atoms with Gasteiger partial charge in [0.25, 0.3) is 5.56 Å². The second-order valence-corrected chi connectivity index (χ2v) is 4.00. The number of alkyl halides is 3. The molecule has 0 aliphatic rings. The third-order valence-electron chi connectivity index (χ3n) is 2.64. The van der Waals surface area contributed by atoms with Crippen LogP contribution in [-0.2, 0) is 6.18 Å². The van der Waals surface area contributed by atoms with Gasteiger partial charge in [-0.15, -0.1) is 0 Å². The van der Waals surface area contributed by atoms with E-state index in [9.17, 15) is 22.8 Å². The molecule has 0 amide bonds. The first kappa shape index (κ1) is 13.9. The highest BCUT2D eigenvalue weighted by Gasteiger charge is 2.30. The largest absolute Gasteiger partial charge is 0.477 e. The van der Waals surface area contributed by atoms with Crippen LogP contribution >= 0.6 is 0 Å². The summed E-state index contributed by atoms with van der Waals surface area (Å²) in [7, 11) is 0. The molecule has 2 N–H and O–H groups in total. The number of carboxylic acid groups (broad SMARTS) is 1. The minimum absolute atomic E-state index is 0.117. The highest BCUT2D eigenvalue weighted by Crippen LogP contribution is 2.31. The summed E-state index contributed by atoms with van der Waals surface area (Å²) in [5, 5.41) is 8.71. The maximum absolute atomic E-state index is 12.6. The lowest BCUT2D eigenvalue weighted by Crippen LogP contribution is -2.17. The number of aromatic nitrogens is 1. The van der Waals surface area contributed by atoms with E-state index in [1.807, 2.05) is 0 Å². The van der Waals surface area contributed by atoms with Crippen molar-refractivity contribution in [2.24, 2.45) is 0 Å². The number of aromatic carboxylic acids is 1. The van der Waals surface area contributed by atoms with Crippen molar-refractivity contribution < 1.29 is 23.1 Å².